The second kappa shape index (κ2) is 7.72. The molecule has 0 saturated heterocycles. The predicted molar refractivity (Wildman–Crippen MR) is 118 cm³/mol. The number of nitrogens with zero attached hydrogens (tertiary/aromatic N) is 1. The molecule has 0 amide bonds. The highest BCUT2D eigenvalue weighted by Gasteiger charge is 2.23. The van der Waals surface area contributed by atoms with Crippen LogP contribution in [-0.4, -0.2) is 4.98 Å². The zero-order valence-electron chi connectivity index (χ0n) is 16.3. The zero-order valence-corrected chi connectivity index (χ0v) is 16.3. The lowest BCUT2D eigenvalue weighted by molar-refractivity contribution is 0.880. The molecule has 4 aromatic rings. The Kier molecular flexibility index (Phi) is 4.96. The average Bonchev–Trinajstić information content (AvgIpc) is 2.77. The standard InChI is InChI=1S/C24H21N3O2/c1-15-6-3-4-9-20(15)18-8-5-7-17(14-18)16(2)26-21-22(24(29)23(21)28)27-19-10-12-25-13-11-19/h3-14,16,26H,1-2H3,(H,25,27). The summed E-state index contributed by atoms with van der Waals surface area (Å²) >= 11 is 0. The Labute approximate surface area is 168 Å². The first kappa shape index (κ1) is 18.6. The van der Waals surface area contributed by atoms with Gasteiger partial charge >= 0.3 is 0 Å². The molecule has 0 aliphatic rings. The second-order valence-electron chi connectivity index (χ2n) is 7.08. The van der Waals surface area contributed by atoms with Crippen molar-refractivity contribution in [2.24, 2.45) is 0 Å². The summed E-state index contributed by atoms with van der Waals surface area (Å²) in [6.07, 6.45) is 3.25. The van der Waals surface area contributed by atoms with Crippen LogP contribution in [0, 0.1) is 6.92 Å². The molecule has 2 N–H and O–H groups in total. The van der Waals surface area contributed by atoms with E-state index in [9.17, 15) is 9.59 Å². The summed E-state index contributed by atoms with van der Waals surface area (Å²) in [5.74, 6) is 0. The van der Waals surface area contributed by atoms with Crippen molar-refractivity contribution in [2.45, 2.75) is 19.9 Å². The third-order valence-corrected chi connectivity index (χ3v) is 5.06. The smallest absolute Gasteiger partial charge is 0.253 e. The molecule has 0 radical (unpaired) electrons. The van der Waals surface area contributed by atoms with Gasteiger partial charge in [-0.1, -0.05) is 42.5 Å². The van der Waals surface area contributed by atoms with Gasteiger partial charge in [0.05, 0.1) is 0 Å². The minimum atomic E-state index is -0.509. The van der Waals surface area contributed by atoms with Gasteiger partial charge in [0.1, 0.15) is 11.4 Å². The lowest BCUT2D eigenvalue weighted by atomic mass is 9.97. The monoisotopic (exact) mass is 383 g/mol. The van der Waals surface area contributed by atoms with Crippen LogP contribution in [0.1, 0.15) is 24.1 Å². The van der Waals surface area contributed by atoms with Crippen LogP contribution in [-0.2, 0) is 0 Å². The van der Waals surface area contributed by atoms with Gasteiger partial charge in [0.15, 0.2) is 0 Å². The quantitative estimate of drug-likeness (QED) is 0.477. The fourth-order valence-corrected chi connectivity index (χ4v) is 3.40. The van der Waals surface area contributed by atoms with Crippen molar-refractivity contribution < 1.29 is 0 Å². The molecule has 0 bridgehead atoms. The number of rotatable bonds is 6. The van der Waals surface area contributed by atoms with Gasteiger partial charge in [0.25, 0.3) is 10.9 Å². The maximum atomic E-state index is 12.1. The summed E-state index contributed by atoms with van der Waals surface area (Å²) in [4.78, 5) is 28.1. The Morgan fingerprint density at radius 1 is 0.862 bits per heavy atom. The van der Waals surface area contributed by atoms with Gasteiger partial charge in [-0.25, -0.2) is 0 Å². The molecular weight excluding hydrogens is 362 g/mol. The van der Waals surface area contributed by atoms with Crippen molar-refractivity contribution in [3.63, 3.8) is 0 Å². The molecule has 0 spiro atoms. The maximum absolute atomic E-state index is 12.1. The molecule has 144 valence electrons. The van der Waals surface area contributed by atoms with E-state index in [0.29, 0.717) is 17.1 Å². The Balaban J connectivity index is 1.58. The Hall–Kier alpha value is -3.73. The highest BCUT2D eigenvalue weighted by atomic mass is 16.2. The topological polar surface area (TPSA) is 71.1 Å². The molecule has 1 aromatic heterocycles. The molecule has 3 aromatic carbocycles. The van der Waals surface area contributed by atoms with E-state index in [0.717, 1.165) is 11.1 Å². The SMILES string of the molecule is Cc1ccccc1-c1cccc(C(C)Nc2c(Nc3ccncc3)c(=O)c2=O)c1. The van der Waals surface area contributed by atoms with Gasteiger partial charge in [-0.15, -0.1) is 0 Å². The number of nitrogens with one attached hydrogen (secondary N) is 2. The number of aryl methyl sites for hydroxylation is 1. The van der Waals surface area contributed by atoms with Crippen molar-refractivity contribution >= 4 is 17.1 Å². The van der Waals surface area contributed by atoms with Gasteiger partial charge < -0.3 is 10.6 Å². The van der Waals surface area contributed by atoms with E-state index in [1.54, 1.807) is 24.5 Å². The zero-order chi connectivity index (χ0) is 20.4. The molecule has 5 nitrogen and oxygen atoms in total. The van der Waals surface area contributed by atoms with Crippen LogP contribution in [0.15, 0.2) is 82.6 Å². The fourth-order valence-electron chi connectivity index (χ4n) is 3.40. The first-order valence-electron chi connectivity index (χ1n) is 9.47. The highest BCUT2D eigenvalue weighted by molar-refractivity contribution is 5.79. The molecule has 0 fully saturated rings. The minimum absolute atomic E-state index is 0.139. The second-order valence-corrected chi connectivity index (χ2v) is 7.08. The highest BCUT2D eigenvalue weighted by Crippen LogP contribution is 2.29. The molecular formula is C24H21N3O2. The molecule has 4 rings (SSSR count). The number of hydrogen-bond acceptors (Lipinski definition) is 5. The number of aromatic nitrogens is 1. The molecule has 1 heterocycles. The Morgan fingerprint density at radius 3 is 2.34 bits per heavy atom. The van der Waals surface area contributed by atoms with Crippen LogP contribution in [0.3, 0.4) is 0 Å². The minimum Gasteiger partial charge on any atom is -0.373 e. The first-order valence-corrected chi connectivity index (χ1v) is 9.47. The summed E-state index contributed by atoms with van der Waals surface area (Å²) in [5.41, 5.74) is 4.86. The third kappa shape index (κ3) is 3.67. The molecule has 0 aliphatic carbocycles. The van der Waals surface area contributed by atoms with E-state index < -0.39 is 10.9 Å². The third-order valence-electron chi connectivity index (χ3n) is 5.06. The van der Waals surface area contributed by atoms with E-state index in [4.69, 9.17) is 0 Å². The average molecular weight is 383 g/mol. The van der Waals surface area contributed by atoms with E-state index >= 15 is 0 Å². The van der Waals surface area contributed by atoms with Crippen LogP contribution in [0.2, 0.25) is 0 Å². The van der Waals surface area contributed by atoms with Gasteiger partial charge in [-0.2, -0.15) is 0 Å². The number of benzene rings is 2. The van der Waals surface area contributed by atoms with Crippen molar-refractivity contribution in [1.82, 2.24) is 4.98 Å². The summed E-state index contributed by atoms with van der Waals surface area (Å²) in [6, 6.07) is 19.8. The van der Waals surface area contributed by atoms with E-state index in [2.05, 4.69) is 46.8 Å². The van der Waals surface area contributed by atoms with Crippen LogP contribution in [0.25, 0.3) is 11.1 Å². The largest absolute Gasteiger partial charge is 0.373 e. The first-order chi connectivity index (χ1) is 14.0. The maximum Gasteiger partial charge on any atom is 0.253 e. The van der Waals surface area contributed by atoms with Crippen LogP contribution >= 0.6 is 0 Å². The molecule has 0 aliphatic heterocycles. The van der Waals surface area contributed by atoms with Crippen molar-refractivity contribution in [3.8, 4) is 11.1 Å². The van der Waals surface area contributed by atoms with E-state index in [1.165, 1.54) is 11.1 Å². The van der Waals surface area contributed by atoms with Crippen LogP contribution in [0.4, 0.5) is 17.1 Å². The molecule has 29 heavy (non-hydrogen) atoms. The van der Waals surface area contributed by atoms with Crippen molar-refractivity contribution in [1.29, 1.82) is 0 Å². The Bertz CT molecular complexity index is 1220. The van der Waals surface area contributed by atoms with Crippen molar-refractivity contribution in [2.75, 3.05) is 10.6 Å². The van der Waals surface area contributed by atoms with Crippen LogP contribution in [0.5, 0.6) is 0 Å². The van der Waals surface area contributed by atoms with Crippen molar-refractivity contribution in [3.05, 3.63) is 105 Å². The molecule has 0 saturated carbocycles. The summed E-state index contributed by atoms with van der Waals surface area (Å²) in [5, 5.41) is 6.22. The normalized spacial score (nSPS) is 11.9. The fraction of sp³-hybridized carbons (Fsp3) is 0.125. The molecule has 1 unspecified atom stereocenters. The van der Waals surface area contributed by atoms with Gasteiger partial charge in [-0.3, -0.25) is 14.6 Å². The molecule has 5 heteroatoms. The summed E-state index contributed by atoms with van der Waals surface area (Å²) < 4.78 is 0. The van der Waals surface area contributed by atoms with E-state index in [1.807, 2.05) is 31.2 Å². The Morgan fingerprint density at radius 2 is 1.59 bits per heavy atom. The van der Waals surface area contributed by atoms with Gasteiger partial charge in [0, 0.05) is 24.1 Å². The molecule has 1 atom stereocenters. The van der Waals surface area contributed by atoms with Gasteiger partial charge in [-0.05, 0) is 54.3 Å². The number of pyridine rings is 1. The van der Waals surface area contributed by atoms with E-state index in [-0.39, 0.29) is 6.04 Å². The lowest BCUT2D eigenvalue weighted by Crippen LogP contribution is -2.37. The number of hydrogen-bond donors (Lipinski definition) is 2. The summed E-state index contributed by atoms with van der Waals surface area (Å²) in [7, 11) is 0. The summed E-state index contributed by atoms with van der Waals surface area (Å²) in [6.45, 7) is 4.06. The van der Waals surface area contributed by atoms with Crippen LogP contribution < -0.4 is 21.5 Å². The lowest BCUT2D eigenvalue weighted by Gasteiger charge is -2.20. The number of anilines is 3. The van der Waals surface area contributed by atoms with Gasteiger partial charge in [0.2, 0.25) is 0 Å². The predicted octanol–water partition coefficient (Wildman–Crippen LogP) is 4.57.